The van der Waals surface area contributed by atoms with E-state index in [1.165, 1.54) is 0 Å². The van der Waals surface area contributed by atoms with E-state index in [9.17, 15) is 9.90 Å². The van der Waals surface area contributed by atoms with Crippen molar-refractivity contribution in [3.8, 4) is 0 Å². The van der Waals surface area contributed by atoms with Gasteiger partial charge in [-0.15, -0.1) is 0 Å². The molecule has 25 heavy (non-hydrogen) atoms. The van der Waals surface area contributed by atoms with Crippen molar-refractivity contribution >= 4 is 17.6 Å². The number of nitrogens with zero attached hydrogens (tertiary/aromatic N) is 1. The summed E-state index contributed by atoms with van der Waals surface area (Å²) in [5, 5.41) is 19.9. The third-order valence-electron chi connectivity index (χ3n) is 4.81. The number of carbonyl (C=O) groups excluding carboxylic acids is 1. The molecule has 0 spiro atoms. The molecule has 0 bridgehead atoms. The van der Waals surface area contributed by atoms with E-state index in [1.54, 1.807) is 0 Å². The zero-order valence-electron chi connectivity index (χ0n) is 15.4. The van der Waals surface area contributed by atoms with Crippen LogP contribution in [0.5, 0.6) is 0 Å². The Morgan fingerprint density at radius 3 is 2.68 bits per heavy atom. The van der Waals surface area contributed by atoms with Gasteiger partial charge in [-0.25, -0.2) is 0 Å². The maximum absolute atomic E-state index is 11.9. The van der Waals surface area contributed by atoms with Crippen LogP contribution >= 0.6 is 0 Å². The predicted molar refractivity (Wildman–Crippen MR) is 102 cm³/mol. The number of rotatable bonds is 7. The molecule has 0 aromatic heterocycles. The van der Waals surface area contributed by atoms with E-state index in [-0.39, 0.29) is 11.8 Å². The highest BCUT2D eigenvalue weighted by atomic mass is 16.3. The highest BCUT2D eigenvalue weighted by Crippen LogP contribution is 2.31. The van der Waals surface area contributed by atoms with Gasteiger partial charge in [-0.05, 0) is 31.4 Å². The number of para-hydroxylation sites is 1. The van der Waals surface area contributed by atoms with Crippen molar-refractivity contribution < 1.29 is 9.90 Å². The highest BCUT2D eigenvalue weighted by molar-refractivity contribution is 5.94. The summed E-state index contributed by atoms with van der Waals surface area (Å²) in [7, 11) is 0. The Hall–Kier alpha value is -2.08. The lowest BCUT2D eigenvalue weighted by Crippen LogP contribution is -2.42. The topological polar surface area (TPSA) is 85.8 Å². The summed E-state index contributed by atoms with van der Waals surface area (Å²) in [6.07, 6.45) is 1.79. The molecule has 4 N–H and O–H groups in total. The van der Waals surface area contributed by atoms with E-state index in [1.807, 2.05) is 39.0 Å². The number of amides is 1. The number of aliphatic imine (C=N–C) groups is 1. The molecule has 1 atom stereocenters. The molecule has 0 fully saturated rings. The number of benzene rings is 1. The smallest absolute Gasteiger partial charge is 0.225 e. The minimum atomic E-state index is -0.764. The molecule has 1 heterocycles. The predicted octanol–water partition coefficient (Wildman–Crippen LogP) is 2.22. The second-order valence-corrected chi connectivity index (χ2v) is 6.54. The van der Waals surface area contributed by atoms with E-state index in [4.69, 9.17) is 0 Å². The first-order valence-corrected chi connectivity index (χ1v) is 9.14. The zero-order valence-corrected chi connectivity index (χ0v) is 15.4. The summed E-state index contributed by atoms with van der Waals surface area (Å²) in [6.45, 7) is 7.66. The van der Waals surface area contributed by atoms with Gasteiger partial charge in [-0.3, -0.25) is 9.79 Å². The highest BCUT2D eigenvalue weighted by Gasteiger charge is 2.25. The largest absolute Gasteiger partial charge is 0.388 e. The normalized spacial score (nSPS) is 17.7. The minimum absolute atomic E-state index is 0.0405. The lowest BCUT2D eigenvalue weighted by molar-refractivity contribution is -0.116. The van der Waals surface area contributed by atoms with Crippen LogP contribution in [0.4, 0.5) is 5.69 Å². The molecule has 0 aliphatic carbocycles. The van der Waals surface area contributed by atoms with Gasteiger partial charge in [0.05, 0.1) is 12.1 Å². The van der Waals surface area contributed by atoms with Gasteiger partial charge in [-0.1, -0.05) is 32.0 Å². The maximum atomic E-state index is 11.9. The van der Waals surface area contributed by atoms with Gasteiger partial charge < -0.3 is 21.1 Å². The molecule has 1 unspecified atom stereocenters. The summed E-state index contributed by atoms with van der Waals surface area (Å²) in [6, 6.07) is 7.90. The molecule has 1 amide bonds. The fourth-order valence-corrected chi connectivity index (χ4v) is 2.95. The average molecular weight is 346 g/mol. The Balaban J connectivity index is 2.05. The van der Waals surface area contributed by atoms with Crippen LogP contribution in [0.1, 0.15) is 51.5 Å². The van der Waals surface area contributed by atoms with Crippen molar-refractivity contribution in [1.29, 1.82) is 0 Å². The van der Waals surface area contributed by atoms with Crippen LogP contribution in [0.25, 0.3) is 0 Å². The van der Waals surface area contributed by atoms with Crippen molar-refractivity contribution in [2.45, 2.75) is 51.6 Å². The summed E-state index contributed by atoms with van der Waals surface area (Å²) in [5.41, 5.74) is 1.27. The molecule has 1 aliphatic heterocycles. The van der Waals surface area contributed by atoms with Gasteiger partial charge in [0.1, 0.15) is 0 Å². The number of hydrogen-bond acceptors (Lipinski definition) is 3. The van der Waals surface area contributed by atoms with Crippen molar-refractivity contribution in [3.63, 3.8) is 0 Å². The standard InChI is InChI=1S/C19H30N4O2/c1-4-19(25,5-2)13-22-18(20-6-3)21-12-14-11-17(24)23-16-10-8-7-9-15(14)16/h7-10,14,25H,4-6,11-13H2,1-3H3,(H,23,24)(H2,20,21,22). The summed E-state index contributed by atoms with van der Waals surface area (Å²) >= 11 is 0. The molecule has 138 valence electrons. The van der Waals surface area contributed by atoms with Crippen LogP contribution in [0.2, 0.25) is 0 Å². The molecule has 0 radical (unpaired) electrons. The Kier molecular flexibility index (Phi) is 6.82. The minimum Gasteiger partial charge on any atom is -0.388 e. The lowest BCUT2D eigenvalue weighted by Gasteiger charge is -2.27. The van der Waals surface area contributed by atoms with E-state index >= 15 is 0 Å². The third-order valence-corrected chi connectivity index (χ3v) is 4.81. The first-order valence-electron chi connectivity index (χ1n) is 9.14. The Morgan fingerprint density at radius 2 is 2.00 bits per heavy atom. The Labute approximate surface area is 150 Å². The number of aliphatic hydroxyl groups is 1. The summed E-state index contributed by atoms with van der Waals surface area (Å²) in [5.74, 6) is 0.815. The molecule has 0 saturated heterocycles. The molecule has 0 saturated carbocycles. The summed E-state index contributed by atoms with van der Waals surface area (Å²) in [4.78, 5) is 16.5. The maximum Gasteiger partial charge on any atom is 0.225 e. The van der Waals surface area contributed by atoms with Crippen LogP contribution < -0.4 is 16.0 Å². The van der Waals surface area contributed by atoms with E-state index in [2.05, 4.69) is 27.0 Å². The second-order valence-electron chi connectivity index (χ2n) is 6.54. The van der Waals surface area contributed by atoms with E-state index < -0.39 is 5.60 Å². The van der Waals surface area contributed by atoms with Gasteiger partial charge in [0.15, 0.2) is 5.96 Å². The lowest BCUT2D eigenvalue weighted by atomic mass is 9.90. The van der Waals surface area contributed by atoms with Crippen molar-refractivity contribution in [2.75, 3.05) is 25.0 Å². The van der Waals surface area contributed by atoms with Crippen molar-refractivity contribution in [1.82, 2.24) is 10.6 Å². The van der Waals surface area contributed by atoms with Crippen LogP contribution in [0.3, 0.4) is 0 Å². The van der Waals surface area contributed by atoms with Gasteiger partial charge in [0.2, 0.25) is 5.91 Å². The van der Waals surface area contributed by atoms with E-state index in [0.717, 1.165) is 17.8 Å². The van der Waals surface area contributed by atoms with Crippen LogP contribution in [-0.4, -0.2) is 42.2 Å². The third kappa shape index (κ3) is 5.19. The molecule has 1 aromatic rings. The van der Waals surface area contributed by atoms with Crippen LogP contribution in [0, 0.1) is 0 Å². The molecule has 6 heteroatoms. The SMILES string of the molecule is CCNC(=NCC(O)(CC)CC)NCC1CC(=O)Nc2ccccc21. The number of carbonyl (C=O) groups is 1. The fraction of sp³-hybridized carbons (Fsp3) is 0.579. The van der Waals surface area contributed by atoms with Crippen molar-refractivity contribution in [3.05, 3.63) is 29.8 Å². The zero-order chi connectivity index (χ0) is 18.3. The Bertz CT molecular complexity index is 611. The monoisotopic (exact) mass is 346 g/mol. The van der Waals surface area contributed by atoms with Gasteiger partial charge in [0.25, 0.3) is 0 Å². The van der Waals surface area contributed by atoms with Crippen molar-refractivity contribution in [2.24, 2.45) is 4.99 Å². The number of guanidine groups is 1. The van der Waals surface area contributed by atoms with E-state index in [0.29, 0.717) is 38.3 Å². The molecule has 2 rings (SSSR count). The summed E-state index contributed by atoms with van der Waals surface area (Å²) < 4.78 is 0. The first kappa shape index (κ1) is 19.2. The Morgan fingerprint density at radius 1 is 1.28 bits per heavy atom. The number of nitrogens with one attached hydrogen (secondary N) is 3. The number of anilines is 1. The average Bonchev–Trinajstić information content (AvgIpc) is 2.63. The molecule has 1 aromatic carbocycles. The van der Waals surface area contributed by atoms with Crippen LogP contribution in [-0.2, 0) is 4.79 Å². The van der Waals surface area contributed by atoms with Gasteiger partial charge in [0, 0.05) is 31.1 Å². The number of hydrogen-bond donors (Lipinski definition) is 4. The number of fused-ring (bicyclic) bond motifs is 1. The molecule has 6 nitrogen and oxygen atoms in total. The van der Waals surface area contributed by atoms with Gasteiger partial charge >= 0.3 is 0 Å². The molecular weight excluding hydrogens is 316 g/mol. The first-order chi connectivity index (χ1) is 12.0. The quantitative estimate of drug-likeness (QED) is 0.450. The fourth-order valence-electron chi connectivity index (χ4n) is 2.95. The molecule has 1 aliphatic rings. The second kappa shape index (κ2) is 8.85. The van der Waals surface area contributed by atoms with Crippen LogP contribution in [0.15, 0.2) is 29.3 Å². The molecular formula is C19H30N4O2. The van der Waals surface area contributed by atoms with Gasteiger partial charge in [-0.2, -0.15) is 0 Å².